The van der Waals surface area contributed by atoms with Gasteiger partial charge in [-0.25, -0.2) is 29.3 Å². The molecule has 1 aliphatic carbocycles. The standard InChI is InChI=1S/C28H38N8O.3C2HF3O2/c1-19-13-14-22-21(17-19)25(32-23-11-7-8-12-24(23)33-28(29)30)34-26(31-22)27(37)36(3)16-15-35(2)18-20-9-5-4-6-10-20;3*3-2(4,5)1(6)7/h4-6,9-10,13-14,17,23-24H,7-8,11-12,15-16,18H2,1-3H3,(H4,29,30,33)(H,31,32,34);3*(H,6,7). The molecule has 0 bridgehead atoms. The van der Waals surface area contributed by atoms with E-state index in [1.165, 1.54) is 5.56 Å². The van der Waals surface area contributed by atoms with Gasteiger partial charge in [0.25, 0.3) is 5.91 Å². The third kappa shape index (κ3) is 18.3. The van der Waals surface area contributed by atoms with Gasteiger partial charge in [0.1, 0.15) is 5.82 Å². The van der Waals surface area contributed by atoms with E-state index >= 15 is 0 Å². The Morgan fingerprint density at radius 1 is 0.793 bits per heavy atom. The summed E-state index contributed by atoms with van der Waals surface area (Å²) < 4.78 is 95.2. The van der Waals surface area contributed by atoms with E-state index in [0.29, 0.717) is 12.4 Å². The van der Waals surface area contributed by atoms with Crippen molar-refractivity contribution in [1.82, 2.24) is 19.8 Å². The van der Waals surface area contributed by atoms with E-state index < -0.39 is 36.4 Å². The normalized spacial score (nSPS) is 15.3. The quantitative estimate of drug-likeness (QED) is 0.0942. The fraction of sp³-hybridized carbons (Fsp3) is 0.441. The zero-order chi connectivity index (χ0) is 44.6. The van der Waals surface area contributed by atoms with Gasteiger partial charge in [-0.2, -0.15) is 39.5 Å². The van der Waals surface area contributed by atoms with Gasteiger partial charge in [0.15, 0.2) is 5.96 Å². The van der Waals surface area contributed by atoms with Gasteiger partial charge >= 0.3 is 36.4 Å². The molecule has 1 fully saturated rings. The van der Waals surface area contributed by atoms with E-state index in [2.05, 4.69) is 39.4 Å². The molecule has 1 aromatic heterocycles. The SMILES string of the molecule is Cc1ccc2nc(C(=O)N(C)CCN(C)Cc3ccccc3)nc(NC3CCCCC3N=C(N)N)c2c1.O=C(O)C(F)(F)F.O=C(O)C(F)(F)F.O=C(O)C(F)(F)F. The molecule has 4 rings (SSSR count). The minimum absolute atomic E-state index is 0.0294. The number of carbonyl (C=O) groups excluding carboxylic acids is 1. The summed E-state index contributed by atoms with van der Waals surface area (Å²) in [6.07, 6.45) is -11.3. The molecule has 0 saturated heterocycles. The predicted octanol–water partition coefficient (Wildman–Crippen LogP) is 5.04. The summed E-state index contributed by atoms with van der Waals surface area (Å²) in [6.45, 7) is 4.15. The molecule has 322 valence electrons. The van der Waals surface area contributed by atoms with Gasteiger partial charge in [-0.3, -0.25) is 4.79 Å². The zero-order valence-corrected chi connectivity index (χ0v) is 31.0. The number of hydrogen-bond donors (Lipinski definition) is 6. The highest BCUT2D eigenvalue weighted by molar-refractivity contribution is 5.96. The lowest BCUT2D eigenvalue weighted by Gasteiger charge is -2.30. The van der Waals surface area contributed by atoms with Gasteiger partial charge in [0.05, 0.1) is 17.6 Å². The predicted molar refractivity (Wildman–Crippen MR) is 191 cm³/mol. The summed E-state index contributed by atoms with van der Waals surface area (Å²) in [5, 5.41) is 25.8. The molecule has 1 saturated carbocycles. The Morgan fingerprint density at radius 3 is 1.78 bits per heavy atom. The van der Waals surface area contributed by atoms with E-state index in [0.717, 1.165) is 55.2 Å². The van der Waals surface area contributed by atoms with Crippen LogP contribution in [-0.2, 0) is 20.9 Å². The lowest BCUT2D eigenvalue weighted by molar-refractivity contribution is -0.193. The molecular formula is C34H41F9N8O7. The molecular weight excluding hydrogens is 803 g/mol. The van der Waals surface area contributed by atoms with Gasteiger partial charge in [-0.1, -0.05) is 54.8 Å². The topological polar surface area (TPSA) is 238 Å². The van der Waals surface area contributed by atoms with Crippen LogP contribution >= 0.6 is 0 Å². The average molecular weight is 845 g/mol. The molecule has 0 radical (unpaired) electrons. The Balaban J connectivity index is 0.000000655. The van der Waals surface area contributed by atoms with Crippen molar-refractivity contribution in [3.63, 3.8) is 0 Å². The van der Waals surface area contributed by atoms with Crippen LogP contribution in [0.5, 0.6) is 0 Å². The van der Waals surface area contributed by atoms with E-state index in [9.17, 15) is 44.3 Å². The number of aliphatic carboxylic acids is 3. The number of amides is 1. The third-order valence-electron chi connectivity index (χ3n) is 7.60. The number of carbonyl (C=O) groups is 4. The number of fused-ring (bicyclic) bond motifs is 1. The van der Waals surface area contributed by atoms with Crippen molar-refractivity contribution in [2.75, 3.05) is 32.5 Å². The molecule has 1 heterocycles. The van der Waals surface area contributed by atoms with Crippen LogP contribution in [0.15, 0.2) is 53.5 Å². The van der Waals surface area contributed by atoms with Gasteiger partial charge in [-0.15, -0.1) is 0 Å². The third-order valence-corrected chi connectivity index (χ3v) is 7.60. The van der Waals surface area contributed by atoms with Crippen LogP contribution in [0, 0.1) is 6.92 Å². The maximum Gasteiger partial charge on any atom is 0.490 e. The summed E-state index contributed by atoms with van der Waals surface area (Å²) in [5.74, 6) is -7.55. The Labute approximate surface area is 324 Å². The second-order valence-corrected chi connectivity index (χ2v) is 12.4. The number of carboxylic acids is 3. The van der Waals surface area contributed by atoms with E-state index in [1.54, 1.807) is 11.9 Å². The first-order valence-electron chi connectivity index (χ1n) is 16.6. The van der Waals surface area contributed by atoms with Gasteiger partial charge in [-0.05, 0) is 44.5 Å². The van der Waals surface area contributed by atoms with Crippen molar-refractivity contribution >= 4 is 46.5 Å². The number of alkyl halides is 9. The molecule has 3 aromatic rings. The first-order valence-corrected chi connectivity index (χ1v) is 16.6. The van der Waals surface area contributed by atoms with Crippen LogP contribution in [0.1, 0.15) is 47.4 Å². The first kappa shape index (κ1) is 50.1. The van der Waals surface area contributed by atoms with Crippen molar-refractivity contribution in [2.24, 2.45) is 16.5 Å². The van der Waals surface area contributed by atoms with Crippen LogP contribution in [-0.4, -0.2) is 123 Å². The monoisotopic (exact) mass is 844 g/mol. The first-order chi connectivity index (χ1) is 26.6. The number of benzene rings is 2. The molecule has 58 heavy (non-hydrogen) atoms. The number of halogens is 9. The highest BCUT2D eigenvalue weighted by Gasteiger charge is 2.39. The zero-order valence-electron chi connectivity index (χ0n) is 31.0. The number of nitrogens with two attached hydrogens (primary N) is 2. The largest absolute Gasteiger partial charge is 0.490 e. The molecule has 2 aromatic carbocycles. The highest BCUT2D eigenvalue weighted by Crippen LogP contribution is 2.28. The number of nitrogens with zero attached hydrogens (tertiary/aromatic N) is 5. The van der Waals surface area contributed by atoms with Crippen molar-refractivity contribution in [1.29, 1.82) is 0 Å². The molecule has 2 unspecified atom stereocenters. The van der Waals surface area contributed by atoms with Gasteiger partial charge in [0, 0.05) is 32.1 Å². The summed E-state index contributed by atoms with van der Waals surface area (Å²) in [5.41, 5.74) is 14.5. The molecule has 8 N–H and O–H groups in total. The summed E-state index contributed by atoms with van der Waals surface area (Å²) >= 11 is 0. The summed E-state index contributed by atoms with van der Waals surface area (Å²) in [4.78, 5) is 57.8. The number of carboxylic acid groups (broad SMARTS) is 3. The Morgan fingerprint density at radius 2 is 1.29 bits per heavy atom. The summed E-state index contributed by atoms with van der Waals surface area (Å²) in [6, 6.07) is 16.3. The minimum Gasteiger partial charge on any atom is -0.475 e. The van der Waals surface area contributed by atoms with E-state index in [1.807, 2.05) is 43.3 Å². The smallest absolute Gasteiger partial charge is 0.475 e. The van der Waals surface area contributed by atoms with Crippen LogP contribution < -0.4 is 16.8 Å². The second kappa shape index (κ2) is 22.1. The van der Waals surface area contributed by atoms with Crippen LogP contribution in [0.3, 0.4) is 0 Å². The molecule has 24 heteroatoms. The maximum absolute atomic E-state index is 13.4. The number of guanidine groups is 1. The number of hydrogen-bond acceptors (Lipinski definition) is 9. The van der Waals surface area contributed by atoms with Crippen molar-refractivity contribution < 1.29 is 74.0 Å². The number of aryl methyl sites for hydroxylation is 1. The number of rotatable bonds is 9. The Kier molecular flexibility index (Phi) is 19.1. The number of anilines is 1. The Bertz CT molecular complexity index is 1800. The Hall–Kier alpha value is -5.94. The van der Waals surface area contributed by atoms with Crippen LogP contribution in [0.4, 0.5) is 45.3 Å². The molecule has 15 nitrogen and oxygen atoms in total. The number of likely N-dealkylation sites (N-methyl/N-ethyl adjacent to an activating group) is 2. The van der Waals surface area contributed by atoms with E-state index in [4.69, 9.17) is 46.2 Å². The lowest BCUT2D eigenvalue weighted by Crippen LogP contribution is -2.39. The molecule has 2 atom stereocenters. The van der Waals surface area contributed by atoms with Crippen molar-refractivity contribution in [3.8, 4) is 0 Å². The highest BCUT2D eigenvalue weighted by atomic mass is 19.4. The fourth-order valence-corrected chi connectivity index (χ4v) is 4.82. The summed E-state index contributed by atoms with van der Waals surface area (Å²) in [7, 11) is 3.85. The minimum atomic E-state index is -5.08. The van der Waals surface area contributed by atoms with Gasteiger partial charge < -0.3 is 41.9 Å². The van der Waals surface area contributed by atoms with Crippen LogP contribution in [0.2, 0.25) is 0 Å². The fourth-order valence-electron chi connectivity index (χ4n) is 4.82. The molecule has 1 aliphatic rings. The van der Waals surface area contributed by atoms with Gasteiger partial charge in [0.2, 0.25) is 5.82 Å². The number of nitrogens with one attached hydrogen (secondary N) is 1. The second-order valence-electron chi connectivity index (χ2n) is 12.4. The van der Waals surface area contributed by atoms with E-state index in [-0.39, 0.29) is 29.8 Å². The number of aliphatic imine (C=N–C) groups is 1. The van der Waals surface area contributed by atoms with Crippen molar-refractivity contribution in [2.45, 2.75) is 69.8 Å². The molecule has 0 aliphatic heterocycles. The van der Waals surface area contributed by atoms with Crippen LogP contribution in [0.25, 0.3) is 10.9 Å². The average Bonchev–Trinajstić information content (AvgIpc) is 3.11. The molecule has 1 amide bonds. The molecule has 0 spiro atoms. The van der Waals surface area contributed by atoms with Crippen molar-refractivity contribution in [3.05, 3.63) is 65.5 Å². The maximum atomic E-state index is 13.4. The lowest BCUT2D eigenvalue weighted by atomic mass is 9.90. The number of aromatic nitrogens is 2.